The predicted molar refractivity (Wildman–Crippen MR) is 109 cm³/mol. The number of aliphatic hydroxyl groups excluding tert-OH is 1. The number of nitrogens with one attached hydrogen (secondary N) is 1. The van der Waals surface area contributed by atoms with Crippen molar-refractivity contribution in [2.45, 2.75) is 25.8 Å². The standard InChI is InChI=1S/C20H25N7O2/c28-10-4-3-7-18-23-19(25-20(24-18)27-8-11-29-12-9-27)26-22-14-15-13-21-17-6-2-1-5-16(15)17/h1-2,5-6,13,21,28H,3-4,7-12,14H2. The van der Waals surface area contributed by atoms with E-state index in [0.717, 1.165) is 42.4 Å². The molecular weight excluding hydrogens is 370 g/mol. The molecule has 9 heteroatoms. The smallest absolute Gasteiger partial charge is 0.273 e. The zero-order valence-electron chi connectivity index (χ0n) is 16.3. The molecule has 0 unspecified atom stereocenters. The highest BCUT2D eigenvalue weighted by Gasteiger charge is 2.16. The van der Waals surface area contributed by atoms with Crippen LogP contribution in [-0.2, 0) is 17.7 Å². The molecule has 4 rings (SSSR count). The van der Waals surface area contributed by atoms with Crippen molar-refractivity contribution in [1.29, 1.82) is 0 Å². The first-order valence-corrected chi connectivity index (χ1v) is 9.94. The van der Waals surface area contributed by atoms with Crippen molar-refractivity contribution in [3.63, 3.8) is 0 Å². The molecule has 0 atom stereocenters. The Morgan fingerprint density at radius 3 is 2.83 bits per heavy atom. The van der Waals surface area contributed by atoms with Crippen LogP contribution in [0.25, 0.3) is 10.9 Å². The molecule has 0 radical (unpaired) electrons. The molecule has 3 aromatic rings. The molecule has 1 saturated heterocycles. The lowest BCUT2D eigenvalue weighted by Gasteiger charge is -2.26. The number of aromatic nitrogens is 4. The van der Waals surface area contributed by atoms with Gasteiger partial charge in [0.05, 0.1) is 19.8 Å². The van der Waals surface area contributed by atoms with E-state index >= 15 is 0 Å². The summed E-state index contributed by atoms with van der Waals surface area (Å²) in [4.78, 5) is 18.9. The molecule has 0 saturated carbocycles. The Labute approximate surface area is 168 Å². The second-order valence-corrected chi connectivity index (χ2v) is 6.89. The average Bonchev–Trinajstić information content (AvgIpc) is 3.18. The molecule has 0 amide bonds. The summed E-state index contributed by atoms with van der Waals surface area (Å²) in [6, 6.07) is 8.11. The topological polar surface area (TPSA) is 112 Å². The van der Waals surface area contributed by atoms with E-state index < -0.39 is 0 Å². The van der Waals surface area contributed by atoms with E-state index in [1.165, 1.54) is 0 Å². The van der Waals surface area contributed by atoms with Gasteiger partial charge in [-0.25, -0.2) is 0 Å². The molecule has 2 aromatic heterocycles. The Balaban J connectivity index is 1.52. The normalized spacial score (nSPS) is 14.9. The van der Waals surface area contributed by atoms with E-state index in [1.54, 1.807) is 0 Å². The van der Waals surface area contributed by atoms with Gasteiger partial charge in [0.2, 0.25) is 5.95 Å². The Morgan fingerprint density at radius 1 is 1.10 bits per heavy atom. The van der Waals surface area contributed by atoms with Gasteiger partial charge in [-0.2, -0.15) is 20.1 Å². The number of aryl methyl sites for hydroxylation is 1. The molecule has 1 aromatic carbocycles. The summed E-state index contributed by atoms with van der Waals surface area (Å²) in [5, 5.41) is 18.8. The number of H-pyrrole nitrogens is 1. The third-order valence-electron chi connectivity index (χ3n) is 4.84. The number of nitrogens with zero attached hydrogens (tertiary/aromatic N) is 6. The monoisotopic (exact) mass is 395 g/mol. The average molecular weight is 395 g/mol. The van der Waals surface area contributed by atoms with Crippen LogP contribution in [0.1, 0.15) is 24.2 Å². The second-order valence-electron chi connectivity index (χ2n) is 6.89. The SMILES string of the molecule is OCCCCc1nc(N=NCc2c[nH]c3ccccc23)nc(N2CCOCC2)n1. The summed E-state index contributed by atoms with van der Waals surface area (Å²) in [5.74, 6) is 1.61. The van der Waals surface area contributed by atoms with Gasteiger partial charge >= 0.3 is 0 Å². The molecule has 0 aliphatic carbocycles. The number of ether oxygens (including phenoxy) is 1. The quantitative estimate of drug-likeness (QED) is 0.448. The Bertz CT molecular complexity index is 966. The number of anilines is 1. The zero-order chi connectivity index (χ0) is 19.9. The molecular formula is C20H25N7O2. The van der Waals surface area contributed by atoms with Crippen molar-refractivity contribution in [2.75, 3.05) is 37.8 Å². The molecule has 29 heavy (non-hydrogen) atoms. The number of hydrogen-bond donors (Lipinski definition) is 2. The van der Waals surface area contributed by atoms with E-state index in [0.29, 0.717) is 43.9 Å². The highest BCUT2D eigenvalue weighted by atomic mass is 16.5. The van der Waals surface area contributed by atoms with Gasteiger partial charge in [0.1, 0.15) is 5.82 Å². The number of aliphatic hydroxyl groups is 1. The van der Waals surface area contributed by atoms with Crippen LogP contribution >= 0.6 is 0 Å². The number of hydrogen-bond acceptors (Lipinski definition) is 8. The summed E-state index contributed by atoms with van der Waals surface area (Å²) in [6.07, 6.45) is 4.16. The summed E-state index contributed by atoms with van der Waals surface area (Å²) >= 11 is 0. The number of fused-ring (bicyclic) bond motifs is 1. The number of morpholine rings is 1. The first kappa shape index (κ1) is 19.4. The first-order valence-electron chi connectivity index (χ1n) is 9.94. The van der Waals surface area contributed by atoms with Crippen LogP contribution in [0.4, 0.5) is 11.9 Å². The van der Waals surface area contributed by atoms with Gasteiger partial charge in [0, 0.05) is 48.8 Å². The van der Waals surface area contributed by atoms with E-state index in [4.69, 9.17) is 9.84 Å². The number of unbranched alkanes of at least 4 members (excludes halogenated alkanes) is 1. The molecule has 1 fully saturated rings. The van der Waals surface area contributed by atoms with E-state index in [1.807, 2.05) is 24.4 Å². The molecule has 152 valence electrons. The van der Waals surface area contributed by atoms with Gasteiger partial charge in [-0.3, -0.25) is 0 Å². The third-order valence-corrected chi connectivity index (χ3v) is 4.84. The lowest BCUT2D eigenvalue weighted by atomic mass is 10.2. The minimum Gasteiger partial charge on any atom is -0.396 e. The van der Waals surface area contributed by atoms with E-state index in [9.17, 15) is 0 Å². The fourth-order valence-corrected chi connectivity index (χ4v) is 3.29. The van der Waals surface area contributed by atoms with Crippen molar-refractivity contribution >= 4 is 22.8 Å². The summed E-state index contributed by atoms with van der Waals surface area (Å²) < 4.78 is 5.42. The summed E-state index contributed by atoms with van der Waals surface area (Å²) in [6.45, 7) is 3.41. The van der Waals surface area contributed by atoms with Crippen molar-refractivity contribution in [3.8, 4) is 0 Å². The van der Waals surface area contributed by atoms with Crippen LogP contribution in [0.5, 0.6) is 0 Å². The molecule has 2 N–H and O–H groups in total. The number of benzene rings is 1. The molecule has 9 nitrogen and oxygen atoms in total. The van der Waals surface area contributed by atoms with Crippen LogP contribution in [0.2, 0.25) is 0 Å². The Hall–Kier alpha value is -2.91. The third kappa shape index (κ3) is 4.93. The highest BCUT2D eigenvalue weighted by molar-refractivity contribution is 5.82. The summed E-state index contributed by atoms with van der Waals surface area (Å²) in [5.41, 5.74) is 2.16. The highest BCUT2D eigenvalue weighted by Crippen LogP contribution is 2.20. The van der Waals surface area contributed by atoms with Crippen molar-refractivity contribution in [3.05, 3.63) is 41.9 Å². The van der Waals surface area contributed by atoms with Gasteiger partial charge in [-0.05, 0) is 18.9 Å². The number of para-hydroxylation sites is 1. The van der Waals surface area contributed by atoms with Crippen LogP contribution in [0, 0.1) is 0 Å². The van der Waals surface area contributed by atoms with E-state index in [-0.39, 0.29) is 6.61 Å². The number of aromatic amines is 1. The first-order chi connectivity index (χ1) is 14.3. The van der Waals surface area contributed by atoms with Crippen molar-refractivity contribution in [2.24, 2.45) is 10.2 Å². The van der Waals surface area contributed by atoms with Crippen LogP contribution < -0.4 is 4.90 Å². The molecule has 1 aliphatic heterocycles. The summed E-state index contributed by atoms with van der Waals surface area (Å²) in [7, 11) is 0. The molecule has 3 heterocycles. The minimum atomic E-state index is 0.165. The van der Waals surface area contributed by atoms with Gasteiger partial charge < -0.3 is 19.7 Å². The second kappa shape index (κ2) is 9.53. The lowest BCUT2D eigenvalue weighted by Crippen LogP contribution is -2.37. The fraction of sp³-hybridized carbons (Fsp3) is 0.450. The maximum atomic E-state index is 9.03. The van der Waals surface area contributed by atoms with Crippen molar-refractivity contribution < 1.29 is 9.84 Å². The largest absolute Gasteiger partial charge is 0.396 e. The Morgan fingerprint density at radius 2 is 1.97 bits per heavy atom. The number of rotatable bonds is 8. The Kier molecular flexibility index (Phi) is 6.38. The van der Waals surface area contributed by atoms with E-state index in [2.05, 4.69) is 41.1 Å². The van der Waals surface area contributed by atoms with Crippen LogP contribution in [0.3, 0.4) is 0 Å². The molecule has 0 spiro atoms. The van der Waals surface area contributed by atoms with Gasteiger partial charge in [0.15, 0.2) is 0 Å². The van der Waals surface area contributed by atoms with Gasteiger partial charge in [-0.15, -0.1) is 5.11 Å². The maximum absolute atomic E-state index is 9.03. The minimum absolute atomic E-state index is 0.165. The molecule has 1 aliphatic rings. The van der Waals surface area contributed by atoms with Gasteiger partial charge in [-0.1, -0.05) is 18.2 Å². The lowest BCUT2D eigenvalue weighted by molar-refractivity contribution is 0.122. The van der Waals surface area contributed by atoms with Crippen LogP contribution in [-0.4, -0.2) is 58.0 Å². The van der Waals surface area contributed by atoms with Gasteiger partial charge in [0.25, 0.3) is 5.95 Å². The predicted octanol–water partition coefficient (Wildman–Crippen LogP) is 2.79. The number of azo groups is 1. The van der Waals surface area contributed by atoms with Crippen molar-refractivity contribution in [1.82, 2.24) is 19.9 Å². The molecule has 0 bridgehead atoms. The fourth-order valence-electron chi connectivity index (χ4n) is 3.29. The zero-order valence-corrected chi connectivity index (χ0v) is 16.3. The maximum Gasteiger partial charge on any atom is 0.273 e. The van der Waals surface area contributed by atoms with Crippen LogP contribution in [0.15, 0.2) is 40.7 Å².